The van der Waals surface area contributed by atoms with Gasteiger partial charge in [0.25, 0.3) is 0 Å². The number of rotatable bonds is 3. The molecule has 2 aliphatic rings. The molecule has 1 amide bonds. The second-order valence-electron chi connectivity index (χ2n) is 7.15. The molecule has 23 heavy (non-hydrogen) atoms. The molecule has 4 heteroatoms. The molecule has 1 heterocycles. The molecule has 0 bridgehead atoms. The summed E-state index contributed by atoms with van der Waals surface area (Å²) in [7, 11) is 1.99. The predicted octanol–water partition coefficient (Wildman–Crippen LogP) is 2.63. The first-order chi connectivity index (χ1) is 11.1. The fraction of sp³-hybridized carbons (Fsp3) is 0.632. The van der Waals surface area contributed by atoms with Crippen LogP contribution in [0.3, 0.4) is 0 Å². The molecule has 0 spiro atoms. The molecular formula is C19H29N3O. The van der Waals surface area contributed by atoms with Gasteiger partial charge in [0.05, 0.1) is 0 Å². The molecule has 1 aliphatic carbocycles. The molecule has 3 rings (SSSR count). The van der Waals surface area contributed by atoms with Crippen molar-refractivity contribution in [3.05, 3.63) is 30.3 Å². The molecule has 4 nitrogen and oxygen atoms in total. The lowest BCUT2D eigenvalue weighted by Crippen LogP contribution is -2.51. The van der Waals surface area contributed by atoms with Crippen LogP contribution in [0.4, 0.5) is 5.69 Å². The number of anilines is 1. The fourth-order valence-corrected chi connectivity index (χ4v) is 4.06. The van der Waals surface area contributed by atoms with E-state index in [1.807, 2.05) is 18.0 Å². The molecule has 1 saturated heterocycles. The fourth-order valence-electron chi connectivity index (χ4n) is 4.06. The number of benzene rings is 1. The van der Waals surface area contributed by atoms with Gasteiger partial charge in [0.2, 0.25) is 5.91 Å². The zero-order valence-electron chi connectivity index (χ0n) is 14.2. The average Bonchev–Trinajstić information content (AvgIpc) is 2.61. The Morgan fingerprint density at radius 3 is 2.70 bits per heavy atom. The van der Waals surface area contributed by atoms with E-state index >= 15 is 0 Å². The van der Waals surface area contributed by atoms with Crippen molar-refractivity contribution in [2.24, 2.45) is 11.7 Å². The maximum atomic E-state index is 12.8. The summed E-state index contributed by atoms with van der Waals surface area (Å²) in [6.45, 7) is 2.02. The summed E-state index contributed by atoms with van der Waals surface area (Å²) in [6, 6.07) is 11.0. The van der Waals surface area contributed by atoms with Crippen LogP contribution in [-0.2, 0) is 4.79 Å². The minimum Gasteiger partial charge on any atom is -0.369 e. The third kappa shape index (κ3) is 3.86. The van der Waals surface area contributed by atoms with Crippen LogP contribution < -0.4 is 10.6 Å². The molecular weight excluding hydrogens is 286 g/mol. The van der Waals surface area contributed by atoms with Crippen molar-refractivity contribution in [3.63, 3.8) is 0 Å². The summed E-state index contributed by atoms with van der Waals surface area (Å²) < 4.78 is 0. The van der Waals surface area contributed by atoms with Crippen molar-refractivity contribution < 1.29 is 4.79 Å². The Morgan fingerprint density at radius 1 is 1.17 bits per heavy atom. The zero-order chi connectivity index (χ0) is 16.2. The van der Waals surface area contributed by atoms with E-state index in [4.69, 9.17) is 5.73 Å². The lowest BCUT2D eigenvalue weighted by atomic mass is 9.85. The Morgan fingerprint density at radius 2 is 1.96 bits per heavy atom. The van der Waals surface area contributed by atoms with Gasteiger partial charge in [0, 0.05) is 43.8 Å². The lowest BCUT2D eigenvalue weighted by Gasteiger charge is -2.40. The van der Waals surface area contributed by atoms with Crippen molar-refractivity contribution in [2.75, 3.05) is 25.0 Å². The standard InChI is InChI=1S/C19H29N3O/c1-21(19(23)15-7-5-8-16(20)13-15)18-11-6-12-22(14-18)17-9-3-2-4-10-17/h2-4,9-10,15-16,18H,5-8,11-14,20H2,1H3. The van der Waals surface area contributed by atoms with Gasteiger partial charge in [0.1, 0.15) is 0 Å². The molecule has 3 atom stereocenters. The number of amides is 1. The molecule has 0 radical (unpaired) electrons. The van der Waals surface area contributed by atoms with E-state index in [2.05, 4.69) is 29.2 Å². The highest BCUT2D eigenvalue weighted by molar-refractivity contribution is 5.79. The first kappa shape index (κ1) is 16.3. The number of nitrogens with two attached hydrogens (primary N) is 1. The van der Waals surface area contributed by atoms with E-state index in [-0.39, 0.29) is 12.0 Å². The summed E-state index contributed by atoms with van der Waals surface area (Å²) >= 11 is 0. The Hall–Kier alpha value is -1.55. The summed E-state index contributed by atoms with van der Waals surface area (Å²) in [5.41, 5.74) is 7.32. The zero-order valence-corrected chi connectivity index (χ0v) is 14.2. The van der Waals surface area contributed by atoms with Gasteiger partial charge in [-0.05, 0) is 44.2 Å². The highest BCUT2D eigenvalue weighted by atomic mass is 16.2. The van der Waals surface area contributed by atoms with Crippen molar-refractivity contribution >= 4 is 11.6 Å². The predicted molar refractivity (Wildman–Crippen MR) is 94.4 cm³/mol. The number of hydrogen-bond donors (Lipinski definition) is 1. The Bertz CT molecular complexity index is 519. The number of likely N-dealkylation sites (N-methyl/N-ethyl adjacent to an activating group) is 1. The number of para-hydroxylation sites is 1. The van der Waals surface area contributed by atoms with Crippen LogP contribution in [0.1, 0.15) is 38.5 Å². The van der Waals surface area contributed by atoms with Gasteiger partial charge < -0.3 is 15.5 Å². The second-order valence-corrected chi connectivity index (χ2v) is 7.15. The second kappa shape index (κ2) is 7.35. The molecule has 0 aromatic heterocycles. The van der Waals surface area contributed by atoms with Crippen LogP contribution in [0.5, 0.6) is 0 Å². The number of carbonyl (C=O) groups is 1. The third-order valence-corrected chi connectivity index (χ3v) is 5.48. The molecule has 1 aliphatic heterocycles. The number of nitrogens with zero attached hydrogens (tertiary/aromatic N) is 2. The van der Waals surface area contributed by atoms with Crippen molar-refractivity contribution in [3.8, 4) is 0 Å². The monoisotopic (exact) mass is 315 g/mol. The van der Waals surface area contributed by atoms with E-state index in [9.17, 15) is 4.79 Å². The quantitative estimate of drug-likeness (QED) is 0.933. The maximum absolute atomic E-state index is 12.8. The third-order valence-electron chi connectivity index (χ3n) is 5.48. The summed E-state index contributed by atoms with van der Waals surface area (Å²) in [5.74, 6) is 0.441. The average molecular weight is 315 g/mol. The smallest absolute Gasteiger partial charge is 0.225 e. The van der Waals surface area contributed by atoms with Crippen LogP contribution in [0.25, 0.3) is 0 Å². The van der Waals surface area contributed by atoms with Gasteiger partial charge in [-0.15, -0.1) is 0 Å². The first-order valence-electron chi connectivity index (χ1n) is 8.97. The van der Waals surface area contributed by atoms with E-state index in [0.717, 1.165) is 51.6 Å². The minimum atomic E-state index is 0.135. The van der Waals surface area contributed by atoms with Crippen molar-refractivity contribution in [1.82, 2.24) is 4.90 Å². The maximum Gasteiger partial charge on any atom is 0.225 e. The SMILES string of the molecule is CN(C(=O)C1CCCC(N)C1)C1CCCN(c2ccccc2)C1. The van der Waals surface area contributed by atoms with E-state index in [1.165, 1.54) is 5.69 Å². The highest BCUT2D eigenvalue weighted by Crippen LogP contribution is 2.27. The number of carbonyl (C=O) groups excluding carboxylic acids is 1. The van der Waals surface area contributed by atoms with Gasteiger partial charge in [-0.2, -0.15) is 0 Å². The number of hydrogen-bond acceptors (Lipinski definition) is 3. The van der Waals surface area contributed by atoms with Crippen LogP contribution in [0.15, 0.2) is 30.3 Å². The molecule has 1 aromatic carbocycles. The van der Waals surface area contributed by atoms with Gasteiger partial charge in [-0.25, -0.2) is 0 Å². The molecule has 126 valence electrons. The first-order valence-corrected chi connectivity index (χ1v) is 8.97. The van der Waals surface area contributed by atoms with Crippen molar-refractivity contribution in [1.29, 1.82) is 0 Å². The Kier molecular flexibility index (Phi) is 5.21. The topological polar surface area (TPSA) is 49.6 Å². The van der Waals surface area contributed by atoms with Crippen LogP contribution in [0, 0.1) is 5.92 Å². The van der Waals surface area contributed by atoms with Gasteiger partial charge >= 0.3 is 0 Å². The normalized spacial score (nSPS) is 28.4. The van der Waals surface area contributed by atoms with Crippen LogP contribution in [-0.4, -0.2) is 43.0 Å². The Balaban J connectivity index is 1.62. The van der Waals surface area contributed by atoms with E-state index in [0.29, 0.717) is 11.9 Å². The summed E-state index contributed by atoms with van der Waals surface area (Å²) in [5, 5.41) is 0. The lowest BCUT2D eigenvalue weighted by molar-refractivity contribution is -0.137. The molecule has 2 fully saturated rings. The van der Waals surface area contributed by atoms with Gasteiger partial charge in [-0.3, -0.25) is 4.79 Å². The Labute approximate surface area is 139 Å². The summed E-state index contributed by atoms with van der Waals surface area (Å²) in [6.07, 6.45) is 6.26. The molecule has 1 aromatic rings. The summed E-state index contributed by atoms with van der Waals surface area (Å²) in [4.78, 5) is 17.3. The largest absolute Gasteiger partial charge is 0.369 e. The van der Waals surface area contributed by atoms with Gasteiger partial charge in [0.15, 0.2) is 0 Å². The van der Waals surface area contributed by atoms with Gasteiger partial charge in [-0.1, -0.05) is 24.6 Å². The molecule has 2 N–H and O–H groups in total. The van der Waals surface area contributed by atoms with E-state index < -0.39 is 0 Å². The van der Waals surface area contributed by atoms with Crippen LogP contribution in [0.2, 0.25) is 0 Å². The minimum absolute atomic E-state index is 0.135. The molecule has 3 unspecified atom stereocenters. The number of piperidine rings is 1. The van der Waals surface area contributed by atoms with E-state index in [1.54, 1.807) is 0 Å². The van der Waals surface area contributed by atoms with Crippen molar-refractivity contribution in [2.45, 2.75) is 50.6 Å². The van der Waals surface area contributed by atoms with Crippen LogP contribution >= 0.6 is 0 Å². The highest BCUT2D eigenvalue weighted by Gasteiger charge is 2.32. The molecule has 1 saturated carbocycles.